The number of hydrogen-bond donors (Lipinski definition) is 1. The number of carbonyl (C=O) groups is 1. The molecule has 2 aliphatic rings. The monoisotopic (exact) mass is 694 g/mol. The molecule has 4 rings (SSSR count). The lowest BCUT2D eigenvalue weighted by Gasteiger charge is -2.43. The van der Waals surface area contributed by atoms with Crippen LogP contribution in [0.1, 0.15) is 52.7 Å². The van der Waals surface area contributed by atoms with Gasteiger partial charge >= 0.3 is 6.09 Å². The van der Waals surface area contributed by atoms with Crippen molar-refractivity contribution in [2.45, 2.75) is 97.1 Å². The Morgan fingerprint density at radius 1 is 1.25 bits per heavy atom. The molecular weight excluding hydrogens is 653 g/mol. The van der Waals surface area contributed by atoms with Crippen molar-refractivity contribution in [1.29, 1.82) is 0 Å². The summed E-state index contributed by atoms with van der Waals surface area (Å²) in [5.74, 6) is 0.167. The molecule has 10 nitrogen and oxygen atoms in total. The normalized spacial score (nSPS) is 21.5. The molecule has 0 unspecified atom stereocenters. The van der Waals surface area contributed by atoms with Gasteiger partial charge in [0, 0.05) is 33.2 Å². The molecule has 14 heteroatoms. The zero-order valence-corrected chi connectivity index (χ0v) is 27.5. The zero-order chi connectivity index (χ0) is 29.5. The van der Waals surface area contributed by atoms with Crippen LogP contribution in [0, 0.1) is 9.12 Å². The Labute approximate surface area is 249 Å². The lowest BCUT2D eigenvalue weighted by molar-refractivity contribution is 0.0433. The van der Waals surface area contributed by atoms with E-state index >= 15 is 0 Å². The van der Waals surface area contributed by atoms with Crippen LogP contribution in [0.2, 0.25) is 25.7 Å². The summed E-state index contributed by atoms with van der Waals surface area (Å²) in [4.78, 5) is 23.5. The SMILES string of the molecule is C[C@@H]1OCC2(CCN(c3nc4c(nc3C(F)F)c(I)nn4COCC[Si](C)(C)C)CC2)[C@@H]1NC(=O)OC(C)(C)C. The average Bonchev–Trinajstić information content (AvgIpc) is 3.31. The first-order valence-electron chi connectivity index (χ1n) is 13.7. The van der Waals surface area contributed by atoms with Crippen LogP contribution in [0.3, 0.4) is 0 Å². The summed E-state index contributed by atoms with van der Waals surface area (Å²) >= 11 is 2.00. The minimum atomic E-state index is -2.79. The zero-order valence-electron chi connectivity index (χ0n) is 24.4. The molecule has 1 spiro atoms. The minimum absolute atomic E-state index is 0.167. The molecule has 2 fully saturated rings. The number of carbonyl (C=O) groups excluding carboxylic acids is 1. The lowest BCUT2D eigenvalue weighted by atomic mass is 9.73. The number of rotatable bonds is 8. The molecule has 0 bridgehead atoms. The molecule has 2 saturated heterocycles. The predicted octanol–water partition coefficient (Wildman–Crippen LogP) is 5.58. The largest absolute Gasteiger partial charge is 0.444 e. The van der Waals surface area contributed by atoms with E-state index < -0.39 is 26.2 Å². The fourth-order valence-electron chi connectivity index (χ4n) is 5.25. The lowest BCUT2D eigenvalue weighted by Crippen LogP contribution is -2.55. The van der Waals surface area contributed by atoms with Crippen LogP contribution in [0.25, 0.3) is 11.2 Å². The van der Waals surface area contributed by atoms with E-state index in [0.29, 0.717) is 54.0 Å². The molecule has 4 heterocycles. The van der Waals surface area contributed by atoms with Crippen molar-refractivity contribution in [2.24, 2.45) is 5.41 Å². The third-order valence-electron chi connectivity index (χ3n) is 7.44. The number of fused-ring (bicyclic) bond motifs is 1. The van der Waals surface area contributed by atoms with Gasteiger partial charge in [-0.3, -0.25) is 0 Å². The maximum atomic E-state index is 14.2. The van der Waals surface area contributed by atoms with Crippen molar-refractivity contribution >= 4 is 53.7 Å². The molecule has 0 radical (unpaired) electrons. The van der Waals surface area contributed by atoms with Crippen molar-refractivity contribution in [3.63, 3.8) is 0 Å². The average molecular weight is 695 g/mol. The standard InChI is InChI=1S/C26H41F2IN6O4Si/c1-16-19(31-24(36)39-25(2,3)4)26(14-38-16)8-10-34(11-9-26)22-17(20(27)28)30-18-21(29)33-35(23(18)32-22)15-37-12-13-40(5,6)7/h16,19-20H,8-15H2,1-7H3,(H,31,36)/t16-,19+/m0/s1. The molecule has 2 aromatic rings. The highest BCUT2D eigenvalue weighted by Crippen LogP contribution is 2.44. The van der Waals surface area contributed by atoms with Gasteiger partial charge in [0.2, 0.25) is 0 Å². The van der Waals surface area contributed by atoms with Gasteiger partial charge in [-0.2, -0.15) is 5.10 Å². The van der Waals surface area contributed by atoms with E-state index in [0.717, 1.165) is 6.04 Å². The first kappa shape index (κ1) is 31.3. The number of aromatic nitrogens is 4. The topological polar surface area (TPSA) is 104 Å². The smallest absolute Gasteiger partial charge is 0.407 e. The van der Waals surface area contributed by atoms with Crippen LogP contribution in [0.15, 0.2) is 0 Å². The maximum absolute atomic E-state index is 14.2. The fraction of sp³-hybridized carbons (Fsp3) is 0.769. The first-order chi connectivity index (χ1) is 18.6. The van der Waals surface area contributed by atoms with Crippen LogP contribution in [0.5, 0.6) is 0 Å². The Balaban J connectivity index is 1.53. The quantitative estimate of drug-likeness (QED) is 0.217. The van der Waals surface area contributed by atoms with Crippen molar-refractivity contribution in [3.8, 4) is 0 Å². The van der Waals surface area contributed by atoms with E-state index in [-0.39, 0.29) is 35.8 Å². The number of hydrogen-bond acceptors (Lipinski definition) is 8. The van der Waals surface area contributed by atoms with Gasteiger partial charge in [-0.05, 0) is 69.2 Å². The van der Waals surface area contributed by atoms with Crippen molar-refractivity contribution in [2.75, 3.05) is 31.2 Å². The van der Waals surface area contributed by atoms with E-state index in [2.05, 4.69) is 35.0 Å². The number of alkyl carbamates (subject to hydrolysis) is 1. The number of alkyl halides is 2. The highest BCUT2D eigenvalue weighted by atomic mass is 127. The molecular formula is C26H41F2IN6O4Si. The Morgan fingerprint density at radius 3 is 2.52 bits per heavy atom. The van der Waals surface area contributed by atoms with Gasteiger partial charge in [0.1, 0.15) is 23.5 Å². The summed E-state index contributed by atoms with van der Waals surface area (Å²) < 4.78 is 47.9. The molecule has 1 N–H and O–H groups in total. The molecule has 0 aromatic carbocycles. The van der Waals surface area contributed by atoms with Gasteiger partial charge in [-0.25, -0.2) is 28.2 Å². The summed E-state index contributed by atoms with van der Waals surface area (Å²) in [5, 5.41) is 7.49. The van der Waals surface area contributed by atoms with Gasteiger partial charge in [0.25, 0.3) is 6.43 Å². The predicted molar refractivity (Wildman–Crippen MR) is 160 cm³/mol. The number of ether oxygens (including phenoxy) is 3. The van der Waals surface area contributed by atoms with Crippen LogP contribution in [-0.4, -0.2) is 78.0 Å². The molecule has 224 valence electrons. The Kier molecular flexibility index (Phi) is 9.32. The van der Waals surface area contributed by atoms with E-state index in [1.54, 1.807) is 4.68 Å². The molecule has 0 saturated carbocycles. The van der Waals surface area contributed by atoms with Gasteiger partial charge < -0.3 is 24.4 Å². The Hall–Kier alpha value is -1.65. The summed E-state index contributed by atoms with van der Waals surface area (Å²) in [6.45, 7) is 16.5. The number of nitrogens with one attached hydrogen (secondary N) is 1. The summed E-state index contributed by atoms with van der Waals surface area (Å²) in [6.07, 6.45) is -2.19. The van der Waals surface area contributed by atoms with Gasteiger partial charge in [0.05, 0.1) is 18.8 Å². The van der Waals surface area contributed by atoms with Crippen molar-refractivity contribution < 1.29 is 27.8 Å². The third kappa shape index (κ3) is 7.21. The second kappa shape index (κ2) is 11.9. The molecule has 2 aliphatic heterocycles. The van der Waals surface area contributed by atoms with Crippen LogP contribution < -0.4 is 10.2 Å². The van der Waals surface area contributed by atoms with Gasteiger partial charge in [-0.1, -0.05) is 19.6 Å². The van der Waals surface area contributed by atoms with Gasteiger partial charge in [-0.15, -0.1) is 0 Å². The number of anilines is 1. The Bertz CT molecular complexity index is 1210. The number of nitrogens with zero attached hydrogens (tertiary/aromatic N) is 5. The highest BCUT2D eigenvalue weighted by molar-refractivity contribution is 14.1. The number of halogens is 3. The van der Waals surface area contributed by atoms with Crippen LogP contribution in [-0.2, 0) is 20.9 Å². The summed E-state index contributed by atoms with van der Waals surface area (Å²) in [5.41, 5.74) is -0.506. The van der Waals surface area contributed by atoms with Crippen molar-refractivity contribution in [1.82, 2.24) is 25.1 Å². The molecule has 40 heavy (non-hydrogen) atoms. The Morgan fingerprint density at radius 2 is 1.93 bits per heavy atom. The van der Waals surface area contributed by atoms with E-state index in [1.165, 1.54) is 0 Å². The molecule has 0 aliphatic carbocycles. The second-order valence-electron chi connectivity index (χ2n) is 13.0. The van der Waals surface area contributed by atoms with E-state index in [4.69, 9.17) is 19.2 Å². The van der Waals surface area contributed by atoms with Crippen LogP contribution >= 0.6 is 22.6 Å². The minimum Gasteiger partial charge on any atom is -0.444 e. The van der Waals surface area contributed by atoms with E-state index in [1.807, 2.05) is 55.2 Å². The fourth-order valence-corrected chi connectivity index (χ4v) is 6.63. The van der Waals surface area contributed by atoms with Gasteiger partial charge in [0.15, 0.2) is 15.2 Å². The highest BCUT2D eigenvalue weighted by Gasteiger charge is 2.51. The van der Waals surface area contributed by atoms with Crippen molar-refractivity contribution in [3.05, 3.63) is 9.39 Å². The maximum Gasteiger partial charge on any atom is 0.407 e. The third-order valence-corrected chi connectivity index (χ3v) is 9.87. The number of piperidine rings is 1. The first-order valence-corrected chi connectivity index (χ1v) is 18.5. The second-order valence-corrected chi connectivity index (χ2v) is 19.7. The molecule has 2 aromatic heterocycles. The molecule has 1 amide bonds. The van der Waals surface area contributed by atoms with E-state index in [9.17, 15) is 13.6 Å². The van der Waals surface area contributed by atoms with Crippen LogP contribution in [0.4, 0.5) is 19.4 Å². The molecule has 2 atom stereocenters. The number of amides is 1. The summed E-state index contributed by atoms with van der Waals surface area (Å²) in [6, 6.07) is 0.765. The summed E-state index contributed by atoms with van der Waals surface area (Å²) in [7, 11) is -1.25.